The van der Waals surface area contributed by atoms with E-state index in [9.17, 15) is 9.59 Å². The molecule has 0 aliphatic heterocycles. The number of fused-ring (bicyclic) bond motifs is 1. The van der Waals surface area contributed by atoms with Crippen LogP contribution in [-0.2, 0) is 24.2 Å². The van der Waals surface area contributed by atoms with E-state index >= 15 is 0 Å². The van der Waals surface area contributed by atoms with Gasteiger partial charge in [0.1, 0.15) is 6.54 Å². The quantitative estimate of drug-likeness (QED) is 0.754. The Morgan fingerprint density at radius 1 is 1.22 bits per heavy atom. The number of aryl methyl sites for hydroxylation is 3. The van der Waals surface area contributed by atoms with Crippen LogP contribution in [0, 0.1) is 6.92 Å². The number of aromatic nitrogens is 3. The molecule has 1 aliphatic carbocycles. The Hall–Kier alpha value is -2.80. The third-order valence-corrected chi connectivity index (χ3v) is 5.71. The number of anilines is 1. The number of nitrogens with one attached hydrogen (secondary N) is 1. The molecule has 0 bridgehead atoms. The van der Waals surface area contributed by atoms with Crippen LogP contribution in [0.3, 0.4) is 0 Å². The van der Waals surface area contributed by atoms with Gasteiger partial charge in [0.25, 0.3) is 5.56 Å². The molecule has 2 aromatic heterocycles. The van der Waals surface area contributed by atoms with Gasteiger partial charge in [-0.3, -0.25) is 14.2 Å². The number of carbonyl (C=O) groups is 1. The van der Waals surface area contributed by atoms with Crippen molar-refractivity contribution < 1.29 is 4.79 Å². The average Bonchev–Trinajstić information content (AvgIpc) is 3.06. The molecule has 0 spiro atoms. The van der Waals surface area contributed by atoms with E-state index < -0.39 is 0 Å². The highest BCUT2D eigenvalue weighted by Crippen LogP contribution is 2.29. The average molecular weight is 380 g/mol. The first-order valence-corrected chi connectivity index (χ1v) is 9.82. The predicted molar refractivity (Wildman–Crippen MR) is 106 cm³/mol. The van der Waals surface area contributed by atoms with E-state index in [-0.39, 0.29) is 18.0 Å². The number of amides is 1. The van der Waals surface area contributed by atoms with Crippen molar-refractivity contribution in [2.75, 3.05) is 5.32 Å². The number of benzene rings is 1. The summed E-state index contributed by atoms with van der Waals surface area (Å²) in [5, 5.41) is 3.42. The number of thiazole rings is 1. The van der Waals surface area contributed by atoms with Crippen LogP contribution in [0.15, 0.2) is 41.5 Å². The van der Waals surface area contributed by atoms with E-state index in [0.29, 0.717) is 10.8 Å². The molecule has 3 aromatic rings. The summed E-state index contributed by atoms with van der Waals surface area (Å²) < 4.78 is 1.31. The molecule has 4 rings (SSSR count). The Morgan fingerprint density at radius 3 is 2.74 bits per heavy atom. The minimum Gasteiger partial charge on any atom is -0.300 e. The normalized spacial score (nSPS) is 13.2. The molecule has 0 radical (unpaired) electrons. The Kier molecular flexibility index (Phi) is 4.85. The molecule has 0 saturated carbocycles. The predicted octanol–water partition coefficient (Wildman–Crippen LogP) is 3.19. The van der Waals surface area contributed by atoms with E-state index in [1.54, 1.807) is 0 Å². The summed E-state index contributed by atoms with van der Waals surface area (Å²) in [4.78, 5) is 34.7. The van der Waals surface area contributed by atoms with E-state index in [1.807, 2.05) is 31.2 Å². The van der Waals surface area contributed by atoms with Crippen LogP contribution in [0.2, 0.25) is 0 Å². The minimum atomic E-state index is -0.270. The number of rotatable bonds is 4. The van der Waals surface area contributed by atoms with E-state index in [2.05, 4.69) is 15.3 Å². The number of hydrogen-bond donors (Lipinski definition) is 1. The fourth-order valence-corrected chi connectivity index (χ4v) is 4.21. The van der Waals surface area contributed by atoms with Gasteiger partial charge >= 0.3 is 0 Å². The molecule has 0 unspecified atom stereocenters. The van der Waals surface area contributed by atoms with Gasteiger partial charge < -0.3 is 5.32 Å². The molecule has 2 heterocycles. The van der Waals surface area contributed by atoms with Gasteiger partial charge in [-0.1, -0.05) is 29.8 Å². The van der Waals surface area contributed by atoms with Crippen LogP contribution >= 0.6 is 11.3 Å². The monoisotopic (exact) mass is 380 g/mol. The van der Waals surface area contributed by atoms with Gasteiger partial charge in [-0.25, -0.2) is 9.97 Å². The first-order valence-electron chi connectivity index (χ1n) is 9.00. The van der Waals surface area contributed by atoms with Gasteiger partial charge in [-0.05, 0) is 32.6 Å². The van der Waals surface area contributed by atoms with Gasteiger partial charge in [0, 0.05) is 16.5 Å². The van der Waals surface area contributed by atoms with Crippen molar-refractivity contribution >= 4 is 22.4 Å². The lowest BCUT2D eigenvalue weighted by Gasteiger charge is -2.07. The molecular formula is C20H20N4O2S. The van der Waals surface area contributed by atoms with Crippen LogP contribution in [0.1, 0.15) is 29.0 Å². The van der Waals surface area contributed by atoms with Crippen molar-refractivity contribution in [3.05, 3.63) is 63.1 Å². The second-order valence-electron chi connectivity index (χ2n) is 6.75. The lowest BCUT2D eigenvalue weighted by atomic mass is 10.0. The van der Waals surface area contributed by atoms with Gasteiger partial charge in [0.05, 0.1) is 17.7 Å². The molecular weight excluding hydrogens is 360 g/mol. The first-order chi connectivity index (χ1) is 13.1. The summed E-state index contributed by atoms with van der Waals surface area (Å²) in [6.07, 6.45) is 5.76. The minimum absolute atomic E-state index is 0.0791. The zero-order valence-corrected chi connectivity index (χ0v) is 15.9. The smallest absolute Gasteiger partial charge is 0.254 e. The Bertz CT molecular complexity index is 1010. The second-order valence-corrected chi connectivity index (χ2v) is 7.83. The molecule has 1 aliphatic rings. The number of hydrogen-bond acceptors (Lipinski definition) is 5. The highest BCUT2D eigenvalue weighted by Gasteiger charge is 2.16. The van der Waals surface area contributed by atoms with Gasteiger partial charge in [-0.15, -0.1) is 11.3 Å². The van der Waals surface area contributed by atoms with Crippen molar-refractivity contribution in [3.63, 3.8) is 0 Å². The van der Waals surface area contributed by atoms with Crippen LogP contribution in [0.25, 0.3) is 11.3 Å². The molecule has 6 nitrogen and oxygen atoms in total. The summed E-state index contributed by atoms with van der Waals surface area (Å²) in [6.45, 7) is 1.93. The zero-order valence-electron chi connectivity index (χ0n) is 15.1. The summed E-state index contributed by atoms with van der Waals surface area (Å²) >= 11 is 1.53. The molecule has 0 atom stereocenters. The highest BCUT2D eigenvalue weighted by molar-refractivity contribution is 7.15. The van der Waals surface area contributed by atoms with Gasteiger partial charge in [0.2, 0.25) is 5.91 Å². The van der Waals surface area contributed by atoms with Crippen LogP contribution in [0.4, 0.5) is 5.13 Å². The van der Waals surface area contributed by atoms with Crippen molar-refractivity contribution in [1.29, 1.82) is 0 Å². The van der Waals surface area contributed by atoms with Crippen molar-refractivity contribution in [1.82, 2.24) is 14.5 Å². The maximum atomic E-state index is 12.4. The van der Waals surface area contributed by atoms with E-state index in [0.717, 1.165) is 36.1 Å². The molecule has 1 amide bonds. The standard InChI is InChI=1S/C20H20N4O2S/c1-13-6-8-14(9-7-13)16-10-19(26)24(12-21-16)11-18(25)23-20-22-15-4-2-3-5-17(15)27-20/h6-10,12H,2-5,11H2,1H3,(H,22,23,25). The maximum Gasteiger partial charge on any atom is 0.254 e. The van der Waals surface area contributed by atoms with Gasteiger partial charge in [0.15, 0.2) is 5.13 Å². The Labute approximate surface area is 160 Å². The Balaban J connectivity index is 1.45. The fourth-order valence-electron chi connectivity index (χ4n) is 3.15. The molecule has 0 saturated heterocycles. The van der Waals surface area contributed by atoms with Crippen molar-refractivity contribution in [2.24, 2.45) is 0 Å². The van der Waals surface area contributed by atoms with Crippen LogP contribution in [0.5, 0.6) is 0 Å². The van der Waals surface area contributed by atoms with E-state index in [4.69, 9.17) is 0 Å². The molecule has 1 N–H and O–H groups in total. The number of nitrogens with zero attached hydrogens (tertiary/aromatic N) is 3. The lowest BCUT2D eigenvalue weighted by molar-refractivity contribution is -0.116. The SMILES string of the molecule is Cc1ccc(-c2cc(=O)n(CC(=O)Nc3nc4c(s3)CCCC4)cn2)cc1. The summed E-state index contributed by atoms with van der Waals surface area (Å²) in [5.41, 5.74) is 3.47. The van der Waals surface area contributed by atoms with E-state index in [1.165, 1.54) is 39.6 Å². The third-order valence-electron chi connectivity index (χ3n) is 4.63. The Morgan fingerprint density at radius 2 is 2.00 bits per heavy atom. The van der Waals surface area contributed by atoms with Crippen molar-refractivity contribution in [2.45, 2.75) is 39.2 Å². The summed E-state index contributed by atoms with van der Waals surface area (Å²) in [7, 11) is 0. The zero-order chi connectivity index (χ0) is 18.8. The first kappa shape index (κ1) is 17.6. The molecule has 27 heavy (non-hydrogen) atoms. The highest BCUT2D eigenvalue weighted by atomic mass is 32.1. The topological polar surface area (TPSA) is 76.9 Å². The molecule has 1 aromatic carbocycles. The summed E-state index contributed by atoms with van der Waals surface area (Å²) in [6, 6.07) is 9.27. The van der Waals surface area contributed by atoms with Crippen LogP contribution < -0.4 is 10.9 Å². The largest absolute Gasteiger partial charge is 0.300 e. The van der Waals surface area contributed by atoms with Crippen LogP contribution in [-0.4, -0.2) is 20.4 Å². The molecule has 7 heteroatoms. The maximum absolute atomic E-state index is 12.4. The second kappa shape index (κ2) is 7.44. The lowest BCUT2D eigenvalue weighted by Crippen LogP contribution is -2.27. The molecule has 0 fully saturated rings. The molecule has 138 valence electrons. The number of carbonyl (C=O) groups excluding carboxylic acids is 1. The summed E-state index contributed by atoms with van der Waals surface area (Å²) in [5.74, 6) is -0.270. The van der Waals surface area contributed by atoms with Crippen molar-refractivity contribution in [3.8, 4) is 11.3 Å². The third kappa shape index (κ3) is 3.98. The fraction of sp³-hybridized carbons (Fsp3) is 0.300. The van der Waals surface area contributed by atoms with Gasteiger partial charge in [-0.2, -0.15) is 0 Å².